The van der Waals surface area contributed by atoms with Crippen molar-refractivity contribution >= 4 is 27.3 Å². The Labute approximate surface area is 125 Å². The number of benzene rings is 1. The van der Waals surface area contributed by atoms with Crippen LogP contribution in [-0.4, -0.2) is 11.6 Å². The second-order valence-electron chi connectivity index (χ2n) is 4.02. The fraction of sp³-hybridized carbons (Fsp3) is 0.357. The number of halogens is 1. The number of aromatic nitrogens is 1. The molecule has 0 atom stereocenters. The summed E-state index contributed by atoms with van der Waals surface area (Å²) in [7, 11) is 0. The van der Waals surface area contributed by atoms with Crippen LogP contribution in [0.5, 0.6) is 11.5 Å². The lowest BCUT2D eigenvalue weighted by molar-refractivity contribution is 0.268. The minimum Gasteiger partial charge on any atom is -0.490 e. The molecule has 3 nitrogen and oxygen atoms in total. The molecule has 0 radical (unpaired) electrons. The summed E-state index contributed by atoms with van der Waals surface area (Å²) in [5, 5.41) is 3.80. The molecule has 19 heavy (non-hydrogen) atoms. The molecule has 5 heteroatoms. The van der Waals surface area contributed by atoms with Gasteiger partial charge in [-0.3, -0.25) is 0 Å². The van der Waals surface area contributed by atoms with E-state index >= 15 is 0 Å². The summed E-state index contributed by atoms with van der Waals surface area (Å²) in [4.78, 5) is 4.38. The topological polar surface area (TPSA) is 31.4 Å². The molecule has 0 aliphatic carbocycles. The van der Waals surface area contributed by atoms with Crippen LogP contribution in [0.2, 0.25) is 0 Å². The maximum Gasteiger partial charge on any atom is 0.161 e. The number of aryl methyl sites for hydroxylation is 1. The first-order valence-corrected chi connectivity index (χ1v) is 8.08. The summed E-state index contributed by atoms with van der Waals surface area (Å²) in [6, 6.07) is 5.97. The summed E-state index contributed by atoms with van der Waals surface area (Å²) in [6.45, 7) is 5.05. The molecule has 0 spiro atoms. The molecule has 0 N–H and O–H groups in total. The van der Waals surface area contributed by atoms with Crippen LogP contribution in [-0.2, 0) is 11.9 Å². The van der Waals surface area contributed by atoms with E-state index < -0.39 is 0 Å². The fourth-order valence-corrected chi connectivity index (χ4v) is 2.66. The fourth-order valence-electron chi connectivity index (χ4n) is 1.63. The third-order valence-electron chi connectivity index (χ3n) is 2.48. The molecule has 1 aromatic heterocycles. The van der Waals surface area contributed by atoms with E-state index in [4.69, 9.17) is 9.47 Å². The van der Waals surface area contributed by atoms with Gasteiger partial charge < -0.3 is 9.47 Å². The number of hydrogen-bond acceptors (Lipinski definition) is 4. The van der Waals surface area contributed by atoms with E-state index in [-0.39, 0.29) is 0 Å². The molecule has 2 aromatic rings. The van der Waals surface area contributed by atoms with Crippen LogP contribution in [0, 0.1) is 6.92 Å². The maximum atomic E-state index is 5.80. The van der Waals surface area contributed by atoms with E-state index in [2.05, 4.69) is 20.9 Å². The molecule has 0 aliphatic rings. The Bertz CT molecular complexity index is 542. The van der Waals surface area contributed by atoms with E-state index in [0.717, 1.165) is 27.5 Å². The van der Waals surface area contributed by atoms with E-state index in [1.165, 1.54) is 5.56 Å². The normalized spacial score (nSPS) is 10.5. The van der Waals surface area contributed by atoms with E-state index in [1.807, 2.05) is 37.4 Å². The van der Waals surface area contributed by atoms with Crippen molar-refractivity contribution < 1.29 is 9.47 Å². The van der Waals surface area contributed by atoms with Crippen molar-refractivity contribution in [1.82, 2.24) is 4.98 Å². The van der Waals surface area contributed by atoms with Crippen LogP contribution in [0.1, 0.15) is 23.2 Å². The van der Waals surface area contributed by atoms with Crippen LogP contribution in [0.4, 0.5) is 0 Å². The maximum absolute atomic E-state index is 5.80. The van der Waals surface area contributed by atoms with E-state index in [9.17, 15) is 0 Å². The number of thiazole rings is 1. The third kappa shape index (κ3) is 3.94. The van der Waals surface area contributed by atoms with Crippen molar-refractivity contribution in [3.8, 4) is 11.5 Å². The molecule has 0 amide bonds. The molecule has 0 bridgehead atoms. The Morgan fingerprint density at radius 1 is 1.26 bits per heavy atom. The first kappa shape index (κ1) is 14.3. The van der Waals surface area contributed by atoms with Crippen LogP contribution in [0.3, 0.4) is 0 Å². The van der Waals surface area contributed by atoms with Crippen LogP contribution in [0.25, 0.3) is 0 Å². The third-order valence-corrected chi connectivity index (χ3v) is 4.07. The zero-order valence-corrected chi connectivity index (χ0v) is 13.4. The highest BCUT2D eigenvalue weighted by molar-refractivity contribution is 9.08. The lowest BCUT2D eigenvalue weighted by Gasteiger charge is -2.12. The Hall–Kier alpha value is -1.07. The van der Waals surface area contributed by atoms with Gasteiger partial charge in [0.1, 0.15) is 11.6 Å². The van der Waals surface area contributed by atoms with Crippen molar-refractivity contribution in [2.75, 3.05) is 6.61 Å². The lowest BCUT2D eigenvalue weighted by Crippen LogP contribution is -2.00. The first-order chi connectivity index (χ1) is 9.22. The van der Waals surface area contributed by atoms with Crippen molar-refractivity contribution in [1.29, 1.82) is 0 Å². The van der Waals surface area contributed by atoms with Crippen molar-refractivity contribution in [3.63, 3.8) is 0 Å². The molecule has 1 aromatic carbocycles. The number of nitrogens with zero attached hydrogens (tertiary/aromatic N) is 1. The van der Waals surface area contributed by atoms with Gasteiger partial charge in [-0.05, 0) is 31.5 Å². The summed E-state index contributed by atoms with van der Waals surface area (Å²) >= 11 is 5.05. The molecule has 0 saturated heterocycles. The van der Waals surface area contributed by atoms with Gasteiger partial charge in [-0.15, -0.1) is 11.3 Å². The second kappa shape index (κ2) is 6.91. The Morgan fingerprint density at radius 3 is 2.74 bits per heavy atom. The highest BCUT2D eigenvalue weighted by atomic mass is 79.9. The van der Waals surface area contributed by atoms with Crippen LogP contribution >= 0.6 is 27.3 Å². The SMILES string of the molecule is CCOc1cc(CBr)ccc1OCc1nc(C)cs1. The Balaban J connectivity index is 2.10. The van der Waals surface area contributed by atoms with E-state index in [0.29, 0.717) is 13.2 Å². The molecule has 2 rings (SSSR count). The van der Waals surface area contributed by atoms with E-state index in [1.54, 1.807) is 11.3 Å². The summed E-state index contributed by atoms with van der Waals surface area (Å²) < 4.78 is 11.4. The highest BCUT2D eigenvalue weighted by Gasteiger charge is 2.07. The van der Waals surface area contributed by atoms with Gasteiger partial charge in [0.25, 0.3) is 0 Å². The zero-order valence-electron chi connectivity index (χ0n) is 11.0. The van der Waals surface area contributed by atoms with Crippen molar-refractivity contribution in [3.05, 3.63) is 39.8 Å². The predicted octanol–water partition coefficient (Wildman–Crippen LogP) is 4.32. The number of alkyl halides is 1. The highest BCUT2D eigenvalue weighted by Crippen LogP contribution is 2.30. The van der Waals surface area contributed by atoms with Crippen molar-refractivity contribution in [2.24, 2.45) is 0 Å². The van der Waals surface area contributed by atoms with Gasteiger partial charge in [0.05, 0.1) is 6.61 Å². The number of rotatable bonds is 6. The molecule has 0 saturated carbocycles. The molecule has 0 aliphatic heterocycles. The van der Waals surface area contributed by atoms with Crippen LogP contribution < -0.4 is 9.47 Å². The van der Waals surface area contributed by atoms with Gasteiger partial charge in [-0.25, -0.2) is 4.98 Å². The van der Waals surface area contributed by atoms with Gasteiger partial charge in [-0.1, -0.05) is 22.0 Å². The minimum absolute atomic E-state index is 0.478. The molecule has 102 valence electrons. The molecule has 1 heterocycles. The standard InChI is InChI=1S/C14H16BrNO2S/c1-3-17-13-6-11(7-15)4-5-12(13)18-8-14-16-10(2)9-19-14/h4-6,9H,3,7-8H2,1-2H3. The largest absolute Gasteiger partial charge is 0.490 e. The Kier molecular flexibility index (Phi) is 5.22. The first-order valence-electron chi connectivity index (χ1n) is 6.08. The molecule has 0 unspecified atom stereocenters. The number of ether oxygens (including phenoxy) is 2. The van der Waals surface area contributed by atoms with Crippen LogP contribution in [0.15, 0.2) is 23.6 Å². The monoisotopic (exact) mass is 341 g/mol. The van der Waals surface area contributed by atoms with Gasteiger partial charge in [0.15, 0.2) is 11.5 Å². The quantitative estimate of drug-likeness (QED) is 0.733. The molecular formula is C14H16BrNO2S. The minimum atomic E-state index is 0.478. The Morgan fingerprint density at radius 2 is 2.11 bits per heavy atom. The number of hydrogen-bond donors (Lipinski definition) is 0. The average molecular weight is 342 g/mol. The predicted molar refractivity (Wildman–Crippen MR) is 81.4 cm³/mol. The lowest BCUT2D eigenvalue weighted by atomic mass is 10.2. The summed E-state index contributed by atoms with van der Waals surface area (Å²) in [5.74, 6) is 1.55. The molecular weight excluding hydrogens is 326 g/mol. The zero-order chi connectivity index (χ0) is 13.7. The van der Waals surface area contributed by atoms with Gasteiger partial charge in [-0.2, -0.15) is 0 Å². The average Bonchev–Trinajstić information content (AvgIpc) is 2.83. The summed E-state index contributed by atoms with van der Waals surface area (Å²) in [6.07, 6.45) is 0. The summed E-state index contributed by atoms with van der Waals surface area (Å²) in [5.41, 5.74) is 2.20. The second-order valence-corrected chi connectivity index (χ2v) is 5.52. The van der Waals surface area contributed by atoms with Gasteiger partial charge >= 0.3 is 0 Å². The van der Waals surface area contributed by atoms with Crippen molar-refractivity contribution in [2.45, 2.75) is 25.8 Å². The smallest absolute Gasteiger partial charge is 0.161 e. The molecule has 0 fully saturated rings. The van der Waals surface area contributed by atoms with Gasteiger partial charge in [0.2, 0.25) is 0 Å². The van der Waals surface area contributed by atoms with Gasteiger partial charge in [0, 0.05) is 16.4 Å².